The molecular formula is C58H40N2O. The Balaban J connectivity index is 1.18. The zero-order valence-corrected chi connectivity index (χ0v) is 33.7. The van der Waals surface area contributed by atoms with Crippen LogP contribution in [-0.2, 0) is 5.41 Å². The molecule has 288 valence electrons. The highest BCUT2D eigenvalue weighted by Gasteiger charge is 2.49. The molecule has 2 heterocycles. The highest BCUT2D eigenvalue weighted by Crippen LogP contribution is 2.62. The van der Waals surface area contributed by atoms with Gasteiger partial charge in [-0.15, -0.1) is 0 Å². The first-order chi connectivity index (χ1) is 30.2. The summed E-state index contributed by atoms with van der Waals surface area (Å²) in [6.45, 7) is 6.39. The van der Waals surface area contributed by atoms with Crippen LogP contribution in [0.1, 0.15) is 40.4 Å². The minimum atomic E-state index is -0.608. The smallest absolute Gasteiger partial charge is 0.132 e. The fraction of sp³-hybridized carbons (Fsp3) is 0.0345. The van der Waals surface area contributed by atoms with Gasteiger partial charge in [-0.25, -0.2) is 0 Å². The second kappa shape index (κ2) is 13.6. The van der Waals surface area contributed by atoms with Crippen molar-refractivity contribution in [3.63, 3.8) is 0 Å². The van der Waals surface area contributed by atoms with Crippen molar-refractivity contribution in [1.82, 2.24) is 4.57 Å². The molecule has 9 aromatic carbocycles. The number of hydrogen-bond acceptors (Lipinski definition) is 2. The molecule has 1 aliphatic heterocycles. The van der Waals surface area contributed by atoms with Crippen LogP contribution in [0.4, 0.5) is 17.1 Å². The second-order valence-electron chi connectivity index (χ2n) is 16.0. The van der Waals surface area contributed by atoms with Crippen molar-refractivity contribution in [2.45, 2.75) is 12.3 Å². The maximum atomic E-state index is 6.70. The lowest BCUT2D eigenvalue weighted by molar-refractivity contribution is 0.435. The van der Waals surface area contributed by atoms with Gasteiger partial charge < -0.3 is 14.2 Å². The lowest BCUT2D eigenvalue weighted by Gasteiger charge is -2.45. The Morgan fingerprint density at radius 2 is 1.20 bits per heavy atom. The zero-order valence-electron chi connectivity index (χ0n) is 33.7. The highest BCUT2D eigenvalue weighted by molar-refractivity contribution is 6.12. The van der Waals surface area contributed by atoms with Crippen molar-refractivity contribution in [3.8, 4) is 28.3 Å². The quantitative estimate of drug-likeness (QED) is 0.167. The van der Waals surface area contributed by atoms with Gasteiger partial charge >= 0.3 is 0 Å². The summed E-state index contributed by atoms with van der Waals surface area (Å²) >= 11 is 0. The number of nitrogens with zero attached hydrogens (tertiary/aromatic N) is 2. The number of anilines is 3. The largest absolute Gasteiger partial charge is 0.457 e. The summed E-state index contributed by atoms with van der Waals surface area (Å²) in [4.78, 5) is 2.46. The molecule has 0 bridgehead atoms. The molecule has 1 spiro atoms. The molecule has 0 saturated carbocycles. The van der Waals surface area contributed by atoms with E-state index in [-0.39, 0.29) is 0 Å². The molecule has 1 aromatic heterocycles. The number of benzene rings is 9. The average Bonchev–Trinajstić information content (AvgIpc) is 3.63. The topological polar surface area (TPSA) is 17.4 Å². The van der Waals surface area contributed by atoms with Gasteiger partial charge in [-0.2, -0.15) is 0 Å². The third kappa shape index (κ3) is 4.98. The van der Waals surface area contributed by atoms with Gasteiger partial charge in [0, 0.05) is 44.5 Å². The Hall–Kier alpha value is -7.88. The van der Waals surface area contributed by atoms with Gasteiger partial charge in [-0.1, -0.05) is 152 Å². The highest BCUT2D eigenvalue weighted by atomic mass is 16.5. The maximum Gasteiger partial charge on any atom is 0.132 e. The molecule has 12 rings (SSSR count). The van der Waals surface area contributed by atoms with Crippen LogP contribution in [0.2, 0.25) is 0 Å². The van der Waals surface area contributed by atoms with Crippen molar-refractivity contribution in [1.29, 1.82) is 0 Å². The summed E-state index contributed by atoms with van der Waals surface area (Å²) < 4.78 is 9.03. The Kier molecular flexibility index (Phi) is 7.82. The Morgan fingerprint density at radius 3 is 1.97 bits per heavy atom. The second-order valence-corrected chi connectivity index (χ2v) is 16.0. The van der Waals surface area contributed by atoms with Crippen LogP contribution in [0.15, 0.2) is 207 Å². The molecule has 0 atom stereocenters. The number of hydrogen-bond donors (Lipinski definition) is 0. The van der Waals surface area contributed by atoms with E-state index in [1.165, 1.54) is 43.8 Å². The standard InChI is InChI=1S/C58H40N2O/c1-3-17-44-47-37-42(32-34-54(47)60(52(44)4-2)40-20-6-5-7-21-40)59(41-31-30-38-18-8-9-19-39(38)36-41)53-35-33-45-43-22-10-11-24-48(43)58(51-27-16-23-46(53)57(45)51)49-25-12-14-28-55(49)61-56-29-15-13-26-50(56)58/h3-37H,2H2,1H3/b17-3-. The number of para-hydroxylation sites is 3. The molecule has 1 aliphatic carbocycles. The molecule has 61 heavy (non-hydrogen) atoms. The summed E-state index contributed by atoms with van der Waals surface area (Å²) in [5.74, 6) is 1.77. The SMILES string of the molecule is C=Cc1c(/C=C\C)c2cc(N(c3ccc4ccccc4c3)c3ccc4c5c(cccc35)C3(c5ccccc5Oc5ccccc53)c3ccccc3-4)ccc2n1-c1ccccc1. The number of ether oxygens (including phenoxy) is 1. The Bertz CT molecular complexity index is 3400. The normalized spacial score (nSPS) is 13.3. The first-order valence-electron chi connectivity index (χ1n) is 21.0. The van der Waals surface area contributed by atoms with Crippen LogP contribution >= 0.6 is 0 Å². The molecule has 0 N–H and O–H groups in total. The zero-order chi connectivity index (χ0) is 40.7. The summed E-state index contributed by atoms with van der Waals surface area (Å²) in [5, 5.41) is 5.98. The lowest BCUT2D eigenvalue weighted by atomic mass is 9.58. The predicted molar refractivity (Wildman–Crippen MR) is 255 cm³/mol. The fourth-order valence-corrected chi connectivity index (χ4v) is 10.5. The van der Waals surface area contributed by atoms with Gasteiger partial charge in [0.15, 0.2) is 0 Å². The summed E-state index contributed by atoms with van der Waals surface area (Å²) in [6.07, 6.45) is 6.32. The molecule has 0 unspecified atom stereocenters. The van der Waals surface area contributed by atoms with Crippen LogP contribution in [-0.4, -0.2) is 4.57 Å². The monoisotopic (exact) mass is 780 g/mol. The predicted octanol–water partition coefficient (Wildman–Crippen LogP) is 15.6. The third-order valence-electron chi connectivity index (χ3n) is 12.9. The Labute approximate surface area is 355 Å². The van der Waals surface area contributed by atoms with Crippen molar-refractivity contribution >= 4 is 61.7 Å². The summed E-state index contributed by atoms with van der Waals surface area (Å²) in [5.41, 5.74) is 14.4. The van der Waals surface area contributed by atoms with Crippen LogP contribution in [0.3, 0.4) is 0 Å². The summed E-state index contributed by atoms with van der Waals surface area (Å²) in [6, 6.07) is 70.7. The minimum absolute atomic E-state index is 0.608. The van der Waals surface area contributed by atoms with Gasteiger partial charge in [-0.3, -0.25) is 0 Å². The van der Waals surface area contributed by atoms with Crippen LogP contribution < -0.4 is 9.64 Å². The van der Waals surface area contributed by atoms with Crippen LogP contribution in [0.5, 0.6) is 11.5 Å². The first kappa shape index (κ1) is 35.1. The van der Waals surface area contributed by atoms with Crippen molar-refractivity contribution in [3.05, 3.63) is 240 Å². The van der Waals surface area contributed by atoms with Gasteiger partial charge in [0.25, 0.3) is 0 Å². The van der Waals surface area contributed by atoms with Gasteiger partial charge in [0.1, 0.15) is 11.5 Å². The number of aromatic nitrogens is 1. The molecule has 3 heteroatoms. The van der Waals surface area contributed by atoms with E-state index in [2.05, 4.69) is 229 Å². The average molecular weight is 781 g/mol. The molecule has 0 amide bonds. The number of allylic oxidation sites excluding steroid dienone is 1. The van der Waals surface area contributed by atoms with E-state index in [9.17, 15) is 0 Å². The van der Waals surface area contributed by atoms with E-state index in [4.69, 9.17) is 4.74 Å². The molecule has 0 radical (unpaired) electrons. The van der Waals surface area contributed by atoms with Crippen molar-refractivity contribution < 1.29 is 4.74 Å². The van der Waals surface area contributed by atoms with Crippen molar-refractivity contribution in [2.75, 3.05) is 4.90 Å². The minimum Gasteiger partial charge on any atom is -0.457 e. The fourth-order valence-electron chi connectivity index (χ4n) is 10.5. The molecule has 3 nitrogen and oxygen atoms in total. The van der Waals surface area contributed by atoms with E-state index in [1.807, 2.05) is 6.08 Å². The number of fused-ring (bicyclic) bond motifs is 10. The van der Waals surface area contributed by atoms with Crippen LogP contribution in [0, 0.1) is 0 Å². The van der Waals surface area contributed by atoms with Crippen molar-refractivity contribution in [2.24, 2.45) is 0 Å². The van der Waals surface area contributed by atoms with Gasteiger partial charge in [-0.05, 0) is 112 Å². The molecule has 2 aliphatic rings. The summed E-state index contributed by atoms with van der Waals surface area (Å²) in [7, 11) is 0. The Morgan fingerprint density at radius 1 is 0.541 bits per heavy atom. The van der Waals surface area contributed by atoms with Crippen LogP contribution in [0.25, 0.3) is 61.4 Å². The molecule has 0 fully saturated rings. The van der Waals surface area contributed by atoms with Gasteiger partial charge in [0.2, 0.25) is 0 Å². The van der Waals surface area contributed by atoms with E-state index < -0.39 is 5.41 Å². The third-order valence-corrected chi connectivity index (χ3v) is 12.9. The van der Waals surface area contributed by atoms with Gasteiger partial charge in [0.05, 0.1) is 22.3 Å². The molecule has 0 saturated heterocycles. The maximum absolute atomic E-state index is 6.70. The van der Waals surface area contributed by atoms with E-state index >= 15 is 0 Å². The van der Waals surface area contributed by atoms with E-state index in [0.29, 0.717) is 0 Å². The molecule has 10 aromatic rings. The molecular weight excluding hydrogens is 741 g/mol. The number of rotatable bonds is 6. The first-order valence-corrected chi connectivity index (χ1v) is 21.0. The van der Waals surface area contributed by atoms with E-state index in [1.54, 1.807) is 0 Å². The van der Waals surface area contributed by atoms with E-state index in [0.717, 1.165) is 67.5 Å². The lowest BCUT2D eigenvalue weighted by Crippen LogP contribution is -2.36.